The second-order valence-corrected chi connectivity index (χ2v) is 6.13. The number of anilines is 1. The number of methoxy groups -OCH3 is 1. The fraction of sp³-hybridized carbons (Fsp3) is 0.222. The maximum Gasteiger partial charge on any atom is 0.341 e. The molecule has 1 atom stereocenters. The number of benzene rings is 1. The van der Waals surface area contributed by atoms with E-state index in [4.69, 9.17) is 4.74 Å². The van der Waals surface area contributed by atoms with E-state index in [-0.39, 0.29) is 22.7 Å². The summed E-state index contributed by atoms with van der Waals surface area (Å²) in [5.74, 6) is -0.820. The van der Waals surface area contributed by atoms with Crippen molar-refractivity contribution in [3.63, 3.8) is 0 Å². The molecule has 4 rings (SSSR count). The van der Waals surface area contributed by atoms with Crippen molar-refractivity contribution in [1.29, 1.82) is 0 Å². The Morgan fingerprint density at radius 2 is 2.08 bits per heavy atom. The van der Waals surface area contributed by atoms with Crippen LogP contribution in [0.3, 0.4) is 0 Å². The minimum Gasteiger partial charge on any atom is -0.465 e. The number of esters is 1. The van der Waals surface area contributed by atoms with E-state index in [1.54, 1.807) is 10.8 Å². The largest absolute Gasteiger partial charge is 0.465 e. The maximum absolute atomic E-state index is 12.7. The number of pyridine rings is 1. The van der Waals surface area contributed by atoms with Gasteiger partial charge in [-0.3, -0.25) is 9.59 Å². The lowest BCUT2D eigenvalue weighted by Gasteiger charge is -2.19. The summed E-state index contributed by atoms with van der Waals surface area (Å²) in [7, 11) is 1.26. The van der Waals surface area contributed by atoms with Crippen molar-refractivity contribution in [2.75, 3.05) is 12.4 Å². The van der Waals surface area contributed by atoms with E-state index in [0.717, 1.165) is 11.3 Å². The van der Waals surface area contributed by atoms with Gasteiger partial charge >= 0.3 is 5.97 Å². The minimum absolute atomic E-state index is 0.137. The normalized spacial score (nSPS) is 16.7. The molecule has 0 fully saturated rings. The second-order valence-electron chi connectivity index (χ2n) is 6.13. The highest BCUT2D eigenvalue weighted by Gasteiger charge is 2.28. The zero-order valence-corrected chi connectivity index (χ0v) is 14.0. The summed E-state index contributed by atoms with van der Waals surface area (Å²) < 4.78 is 6.38. The fourth-order valence-corrected chi connectivity index (χ4v) is 3.28. The van der Waals surface area contributed by atoms with Crippen molar-refractivity contribution in [3.8, 4) is 11.3 Å². The Labute approximate surface area is 148 Å². The minimum atomic E-state index is -0.617. The highest BCUT2D eigenvalue weighted by atomic mass is 16.5. The molecular weight excluding hydrogens is 336 g/mol. The maximum atomic E-state index is 12.7. The number of para-hydroxylation sites is 1. The van der Waals surface area contributed by atoms with Gasteiger partial charge in [0.2, 0.25) is 5.91 Å². The number of hydrogen-bond donors (Lipinski definition) is 2. The molecule has 0 saturated carbocycles. The Morgan fingerprint density at radius 3 is 2.88 bits per heavy atom. The highest BCUT2D eigenvalue weighted by Crippen LogP contribution is 2.29. The van der Waals surface area contributed by atoms with Crippen LogP contribution in [-0.4, -0.2) is 33.8 Å². The van der Waals surface area contributed by atoms with Crippen LogP contribution in [-0.2, 0) is 16.0 Å². The monoisotopic (exact) mass is 352 g/mol. The van der Waals surface area contributed by atoms with Crippen molar-refractivity contribution in [2.45, 2.75) is 18.9 Å². The summed E-state index contributed by atoms with van der Waals surface area (Å²) in [6.07, 6.45) is 4.28. The lowest BCUT2D eigenvalue weighted by Crippen LogP contribution is -2.26. The van der Waals surface area contributed by atoms with E-state index in [0.29, 0.717) is 12.8 Å². The number of ether oxygens (including phenoxy) is 1. The summed E-state index contributed by atoms with van der Waals surface area (Å²) >= 11 is 0. The quantitative estimate of drug-likeness (QED) is 0.681. The van der Waals surface area contributed by atoms with Crippen LogP contribution in [0.2, 0.25) is 0 Å². The first-order chi connectivity index (χ1) is 12.6. The van der Waals surface area contributed by atoms with Crippen LogP contribution in [0.1, 0.15) is 28.4 Å². The van der Waals surface area contributed by atoms with Gasteiger partial charge in [-0.15, -0.1) is 0 Å². The molecule has 3 aliphatic rings. The molecule has 8 nitrogen and oxygen atoms in total. The molecule has 1 amide bonds. The third kappa shape index (κ3) is 2.55. The van der Waals surface area contributed by atoms with Gasteiger partial charge in [0.05, 0.1) is 12.7 Å². The average Bonchev–Trinajstić information content (AvgIpc) is 2.93. The predicted octanol–water partition coefficient (Wildman–Crippen LogP) is 1.59. The van der Waals surface area contributed by atoms with E-state index in [9.17, 15) is 14.4 Å². The Hall–Kier alpha value is -3.42. The van der Waals surface area contributed by atoms with E-state index in [2.05, 4.69) is 15.5 Å². The number of carbonyl (C=O) groups excluding carboxylic acids is 2. The van der Waals surface area contributed by atoms with Crippen LogP contribution in [0.4, 0.5) is 5.69 Å². The molecule has 0 unspecified atom stereocenters. The van der Waals surface area contributed by atoms with Crippen LogP contribution in [0.5, 0.6) is 0 Å². The number of nitrogens with zero attached hydrogens (tertiary/aromatic N) is 2. The lowest BCUT2D eigenvalue weighted by molar-refractivity contribution is -0.119. The highest BCUT2D eigenvalue weighted by molar-refractivity contribution is 5.97. The number of aromatic nitrogens is 3. The third-order valence-electron chi connectivity index (χ3n) is 4.61. The van der Waals surface area contributed by atoms with Crippen molar-refractivity contribution in [2.24, 2.45) is 0 Å². The molecule has 0 radical (unpaired) electrons. The number of carbonyl (C=O) groups is 2. The molecule has 0 spiro atoms. The number of aryl methyl sites for hydroxylation is 1. The number of H-pyrrole nitrogens is 1. The zero-order chi connectivity index (χ0) is 18.3. The second kappa shape index (κ2) is 6.14. The van der Waals surface area contributed by atoms with E-state index < -0.39 is 17.6 Å². The van der Waals surface area contributed by atoms with Crippen molar-refractivity contribution >= 4 is 17.6 Å². The Kier molecular flexibility index (Phi) is 3.80. The molecule has 3 heterocycles. The van der Waals surface area contributed by atoms with Crippen molar-refractivity contribution in [3.05, 3.63) is 58.1 Å². The van der Waals surface area contributed by atoms with E-state index >= 15 is 0 Å². The van der Waals surface area contributed by atoms with Crippen LogP contribution in [0.25, 0.3) is 11.3 Å². The van der Waals surface area contributed by atoms with E-state index in [1.807, 2.05) is 24.3 Å². The average molecular weight is 352 g/mol. The SMILES string of the molecule is COC(=O)c1cn([C@@H]2CCc3ccccc3NC2=O)cc2c(=O)[nH]nc1-2. The molecule has 0 aromatic heterocycles. The van der Waals surface area contributed by atoms with Crippen LogP contribution in [0, 0.1) is 0 Å². The van der Waals surface area contributed by atoms with Gasteiger partial charge in [0.25, 0.3) is 5.56 Å². The van der Waals surface area contributed by atoms with Crippen molar-refractivity contribution in [1.82, 2.24) is 14.8 Å². The van der Waals surface area contributed by atoms with Gasteiger partial charge in [0, 0.05) is 18.1 Å². The van der Waals surface area contributed by atoms with Gasteiger partial charge in [0.1, 0.15) is 17.3 Å². The molecule has 0 bridgehead atoms. The van der Waals surface area contributed by atoms with Gasteiger partial charge in [-0.1, -0.05) is 18.2 Å². The molecule has 2 N–H and O–H groups in total. The van der Waals surface area contributed by atoms with Gasteiger partial charge < -0.3 is 14.6 Å². The fourth-order valence-electron chi connectivity index (χ4n) is 3.28. The number of amides is 1. The summed E-state index contributed by atoms with van der Waals surface area (Å²) in [6.45, 7) is 0. The standard InChI is InChI=1S/C18H16N4O4/c1-26-18(25)12-9-22(8-11-15(12)20-21-16(11)23)14-7-6-10-4-2-3-5-13(10)19-17(14)24/h2-5,8-9,14H,6-7H2,1H3,(H,19,24)(H,21,23)/t14-/m1/s1. The molecule has 26 heavy (non-hydrogen) atoms. The first kappa shape index (κ1) is 16.1. The molecule has 3 aliphatic heterocycles. The molecule has 1 aromatic rings. The summed E-state index contributed by atoms with van der Waals surface area (Å²) in [6, 6.07) is 7.05. The first-order valence-electron chi connectivity index (χ1n) is 8.15. The van der Waals surface area contributed by atoms with Crippen LogP contribution >= 0.6 is 0 Å². The Balaban J connectivity index is 1.80. The number of hydrogen-bond acceptors (Lipinski definition) is 5. The number of rotatable bonds is 2. The first-order valence-corrected chi connectivity index (χ1v) is 8.15. The van der Waals surface area contributed by atoms with E-state index in [1.165, 1.54) is 13.3 Å². The van der Waals surface area contributed by atoms with Crippen molar-refractivity contribution < 1.29 is 14.3 Å². The van der Waals surface area contributed by atoms with Gasteiger partial charge in [-0.25, -0.2) is 9.89 Å². The van der Waals surface area contributed by atoms with Gasteiger partial charge in [0.15, 0.2) is 0 Å². The third-order valence-corrected chi connectivity index (χ3v) is 4.61. The Morgan fingerprint density at radius 1 is 1.27 bits per heavy atom. The molecule has 1 aromatic carbocycles. The number of fused-ring (bicyclic) bond motifs is 2. The lowest BCUT2D eigenvalue weighted by atomic mass is 10.0. The van der Waals surface area contributed by atoms with Crippen LogP contribution < -0.4 is 10.9 Å². The Bertz CT molecular complexity index is 1040. The molecule has 132 valence electrons. The molecule has 0 saturated heterocycles. The molecular formula is C18H16N4O4. The smallest absolute Gasteiger partial charge is 0.341 e. The summed E-state index contributed by atoms with van der Waals surface area (Å²) in [5, 5.41) is 9.14. The summed E-state index contributed by atoms with van der Waals surface area (Å²) in [4.78, 5) is 36.9. The molecule has 0 aliphatic carbocycles. The summed E-state index contributed by atoms with van der Waals surface area (Å²) in [5.41, 5.74) is 2.02. The zero-order valence-electron chi connectivity index (χ0n) is 14.0. The van der Waals surface area contributed by atoms with Gasteiger partial charge in [-0.05, 0) is 24.5 Å². The topological polar surface area (TPSA) is 106 Å². The number of nitrogens with one attached hydrogen (secondary N) is 2. The van der Waals surface area contributed by atoms with Gasteiger partial charge in [-0.2, -0.15) is 5.10 Å². The van der Waals surface area contributed by atoms with Crippen LogP contribution in [0.15, 0.2) is 41.5 Å². The number of aromatic amines is 1. The molecule has 8 heteroatoms. The predicted molar refractivity (Wildman–Crippen MR) is 93.2 cm³/mol.